The Morgan fingerprint density at radius 3 is 2.62 bits per heavy atom. The number of fused-ring (bicyclic) bond motifs is 1. The maximum atomic E-state index is 12.5. The van der Waals surface area contributed by atoms with Crippen molar-refractivity contribution in [2.75, 3.05) is 5.32 Å². The third kappa shape index (κ3) is 3.33. The van der Waals surface area contributed by atoms with Crippen LogP contribution in [0.4, 0.5) is 5.69 Å². The first kappa shape index (κ1) is 16.6. The molecule has 1 aromatic carbocycles. The first-order valence-electron chi connectivity index (χ1n) is 8.05. The van der Waals surface area contributed by atoms with Crippen molar-refractivity contribution in [3.8, 4) is 0 Å². The molecule has 2 aromatic rings. The van der Waals surface area contributed by atoms with E-state index in [1.165, 1.54) is 0 Å². The fourth-order valence-corrected chi connectivity index (χ4v) is 3.89. The standard InChI is InChI=1S/C18H20N2O3S/c1-10(2)17-20-14-8-7-11(9-15(14)24-17)19-16(21)12-5-3-4-6-13(12)18(22)23/h3-4,7-10,12-13H,5-6H2,1-2H3,(H,19,21)(H,22,23)/t12-,13-/m0/s1. The molecule has 0 unspecified atom stereocenters. The highest BCUT2D eigenvalue weighted by atomic mass is 32.1. The van der Waals surface area contributed by atoms with Crippen molar-refractivity contribution in [3.05, 3.63) is 35.4 Å². The van der Waals surface area contributed by atoms with Gasteiger partial charge in [0.25, 0.3) is 0 Å². The molecule has 24 heavy (non-hydrogen) atoms. The van der Waals surface area contributed by atoms with E-state index in [1.807, 2.05) is 30.4 Å². The van der Waals surface area contributed by atoms with Crippen molar-refractivity contribution >= 4 is 39.1 Å². The van der Waals surface area contributed by atoms with Crippen LogP contribution in [0.2, 0.25) is 0 Å². The van der Waals surface area contributed by atoms with Gasteiger partial charge in [0, 0.05) is 11.6 Å². The predicted octanol–water partition coefficient (Wildman–Crippen LogP) is 4.03. The van der Waals surface area contributed by atoms with Crippen LogP contribution >= 0.6 is 11.3 Å². The molecule has 5 nitrogen and oxygen atoms in total. The first-order chi connectivity index (χ1) is 11.5. The van der Waals surface area contributed by atoms with E-state index in [0.717, 1.165) is 15.2 Å². The highest BCUT2D eigenvalue weighted by Gasteiger charge is 2.33. The molecule has 0 saturated heterocycles. The maximum Gasteiger partial charge on any atom is 0.307 e. The van der Waals surface area contributed by atoms with Crippen LogP contribution in [-0.2, 0) is 9.59 Å². The summed E-state index contributed by atoms with van der Waals surface area (Å²) in [6.45, 7) is 4.20. The van der Waals surface area contributed by atoms with E-state index in [0.29, 0.717) is 24.4 Å². The minimum atomic E-state index is -0.918. The average Bonchev–Trinajstić information content (AvgIpc) is 2.98. The topological polar surface area (TPSA) is 79.3 Å². The summed E-state index contributed by atoms with van der Waals surface area (Å²) >= 11 is 1.62. The second kappa shape index (κ2) is 6.73. The van der Waals surface area contributed by atoms with Crippen molar-refractivity contribution in [3.63, 3.8) is 0 Å². The van der Waals surface area contributed by atoms with Gasteiger partial charge in [-0.25, -0.2) is 4.98 Å². The summed E-state index contributed by atoms with van der Waals surface area (Å²) in [6, 6.07) is 5.62. The van der Waals surface area contributed by atoms with Crippen molar-refractivity contribution in [2.45, 2.75) is 32.6 Å². The Hall–Kier alpha value is -2.21. The van der Waals surface area contributed by atoms with Crippen LogP contribution in [0, 0.1) is 11.8 Å². The highest BCUT2D eigenvalue weighted by molar-refractivity contribution is 7.18. The number of benzene rings is 1. The summed E-state index contributed by atoms with van der Waals surface area (Å²) in [7, 11) is 0. The van der Waals surface area contributed by atoms with Crippen LogP contribution in [0.3, 0.4) is 0 Å². The molecule has 1 amide bonds. The highest BCUT2D eigenvalue weighted by Crippen LogP contribution is 2.31. The second-order valence-electron chi connectivity index (χ2n) is 6.37. The van der Waals surface area contributed by atoms with Crippen LogP contribution in [0.5, 0.6) is 0 Å². The van der Waals surface area contributed by atoms with E-state index in [-0.39, 0.29) is 5.91 Å². The molecule has 6 heteroatoms. The van der Waals surface area contributed by atoms with Crippen LogP contribution in [0.25, 0.3) is 10.2 Å². The molecule has 1 heterocycles. The third-order valence-electron chi connectivity index (χ3n) is 4.25. The van der Waals surface area contributed by atoms with Gasteiger partial charge in [-0.15, -0.1) is 11.3 Å². The summed E-state index contributed by atoms with van der Waals surface area (Å²) < 4.78 is 1.02. The lowest BCUT2D eigenvalue weighted by molar-refractivity contribution is -0.146. The minimum absolute atomic E-state index is 0.236. The zero-order valence-corrected chi connectivity index (χ0v) is 14.5. The van der Waals surface area contributed by atoms with Gasteiger partial charge in [0.1, 0.15) is 0 Å². The number of anilines is 1. The lowest BCUT2D eigenvalue weighted by Gasteiger charge is -2.24. The average molecular weight is 344 g/mol. The van der Waals surface area contributed by atoms with Crippen molar-refractivity contribution in [1.82, 2.24) is 4.98 Å². The summed E-state index contributed by atoms with van der Waals surface area (Å²) in [5.74, 6) is -1.98. The van der Waals surface area contributed by atoms with Gasteiger partial charge in [0.2, 0.25) is 5.91 Å². The fraction of sp³-hybridized carbons (Fsp3) is 0.389. The molecule has 0 radical (unpaired) electrons. The minimum Gasteiger partial charge on any atom is -0.481 e. The molecule has 0 spiro atoms. The number of carbonyl (C=O) groups is 2. The summed E-state index contributed by atoms with van der Waals surface area (Å²) in [6.07, 6.45) is 4.58. The third-order valence-corrected chi connectivity index (χ3v) is 5.57. The molecule has 2 atom stereocenters. The molecule has 0 aliphatic heterocycles. The Labute approximate surface area is 144 Å². The van der Waals surface area contributed by atoms with E-state index >= 15 is 0 Å². The number of carboxylic acid groups (broad SMARTS) is 1. The number of aromatic nitrogens is 1. The zero-order valence-electron chi connectivity index (χ0n) is 13.7. The van der Waals surface area contributed by atoms with Crippen LogP contribution in [0.15, 0.2) is 30.4 Å². The number of allylic oxidation sites excluding steroid dienone is 2. The van der Waals surface area contributed by atoms with Crippen LogP contribution in [-0.4, -0.2) is 22.0 Å². The number of nitrogens with zero attached hydrogens (tertiary/aromatic N) is 1. The number of hydrogen-bond acceptors (Lipinski definition) is 4. The van der Waals surface area contributed by atoms with Gasteiger partial charge in [-0.05, 0) is 31.0 Å². The largest absolute Gasteiger partial charge is 0.481 e. The number of thiazole rings is 1. The summed E-state index contributed by atoms with van der Waals surface area (Å²) in [5, 5.41) is 13.2. The molecule has 126 valence electrons. The summed E-state index contributed by atoms with van der Waals surface area (Å²) in [5.41, 5.74) is 1.61. The van der Waals surface area contributed by atoms with Gasteiger partial charge in [0.15, 0.2) is 0 Å². The van der Waals surface area contributed by atoms with Gasteiger partial charge < -0.3 is 10.4 Å². The van der Waals surface area contributed by atoms with Crippen LogP contribution < -0.4 is 5.32 Å². The van der Waals surface area contributed by atoms with Crippen molar-refractivity contribution < 1.29 is 14.7 Å². The van der Waals surface area contributed by atoms with Gasteiger partial charge in [-0.3, -0.25) is 9.59 Å². The Kier molecular flexibility index (Phi) is 4.66. The molecule has 3 rings (SSSR count). The normalized spacial score (nSPS) is 20.5. The maximum absolute atomic E-state index is 12.5. The lowest BCUT2D eigenvalue weighted by atomic mass is 9.82. The van der Waals surface area contributed by atoms with E-state index in [4.69, 9.17) is 0 Å². The fourth-order valence-electron chi connectivity index (χ4n) is 2.88. The van der Waals surface area contributed by atoms with E-state index < -0.39 is 17.8 Å². The number of nitrogens with one attached hydrogen (secondary N) is 1. The molecule has 2 N–H and O–H groups in total. The molecule has 1 aliphatic rings. The smallest absolute Gasteiger partial charge is 0.307 e. The number of hydrogen-bond donors (Lipinski definition) is 2. The summed E-state index contributed by atoms with van der Waals surface area (Å²) in [4.78, 5) is 28.4. The molecular formula is C18H20N2O3S. The molecule has 0 bridgehead atoms. The molecular weight excluding hydrogens is 324 g/mol. The zero-order chi connectivity index (χ0) is 17.3. The number of aliphatic carboxylic acids is 1. The number of carboxylic acids is 1. The van der Waals surface area contributed by atoms with E-state index in [1.54, 1.807) is 11.3 Å². The van der Waals surface area contributed by atoms with Crippen molar-refractivity contribution in [1.29, 1.82) is 0 Å². The van der Waals surface area contributed by atoms with E-state index in [2.05, 4.69) is 24.1 Å². The first-order valence-corrected chi connectivity index (χ1v) is 8.86. The number of rotatable bonds is 4. The Bertz CT molecular complexity index is 810. The molecule has 1 aromatic heterocycles. The monoisotopic (exact) mass is 344 g/mol. The Morgan fingerprint density at radius 1 is 1.25 bits per heavy atom. The predicted molar refractivity (Wildman–Crippen MR) is 95.3 cm³/mol. The molecule has 0 fully saturated rings. The SMILES string of the molecule is CC(C)c1nc2ccc(NC(=O)[C@H]3CC=CC[C@@H]3C(=O)O)cc2s1. The quantitative estimate of drug-likeness (QED) is 0.821. The van der Waals surface area contributed by atoms with Gasteiger partial charge in [-0.2, -0.15) is 0 Å². The van der Waals surface area contributed by atoms with Gasteiger partial charge in [0.05, 0.1) is 27.1 Å². The van der Waals surface area contributed by atoms with Gasteiger partial charge >= 0.3 is 5.97 Å². The van der Waals surface area contributed by atoms with Crippen molar-refractivity contribution in [2.24, 2.45) is 11.8 Å². The lowest BCUT2D eigenvalue weighted by Crippen LogP contribution is -2.34. The van der Waals surface area contributed by atoms with E-state index in [9.17, 15) is 14.7 Å². The molecule has 1 aliphatic carbocycles. The Morgan fingerprint density at radius 2 is 1.96 bits per heavy atom. The number of carbonyl (C=O) groups excluding carboxylic acids is 1. The Balaban J connectivity index is 1.79. The molecule has 0 saturated carbocycles. The second-order valence-corrected chi connectivity index (χ2v) is 7.43. The number of amides is 1. The van der Waals surface area contributed by atoms with Gasteiger partial charge in [-0.1, -0.05) is 26.0 Å². The van der Waals surface area contributed by atoms with Crippen LogP contribution in [0.1, 0.15) is 37.6 Å².